The Bertz CT molecular complexity index is 783. The van der Waals surface area contributed by atoms with Gasteiger partial charge in [-0.05, 0) is 37.0 Å². The van der Waals surface area contributed by atoms with Gasteiger partial charge in [0.25, 0.3) is 0 Å². The monoisotopic (exact) mass is 276 g/mol. The highest BCUT2D eigenvalue weighted by atomic mass is 15.4. The van der Waals surface area contributed by atoms with Crippen LogP contribution in [0.1, 0.15) is 24.0 Å². The van der Waals surface area contributed by atoms with Crippen molar-refractivity contribution >= 4 is 22.7 Å². The maximum Gasteiger partial charge on any atom is 0.222 e. The second-order valence-electron chi connectivity index (χ2n) is 5.28. The van der Waals surface area contributed by atoms with Crippen molar-refractivity contribution in [3.63, 3.8) is 0 Å². The van der Waals surface area contributed by atoms with Gasteiger partial charge in [-0.3, -0.25) is 0 Å². The van der Waals surface area contributed by atoms with Crippen LogP contribution in [0, 0.1) is 0 Å². The summed E-state index contributed by atoms with van der Waals surface area (Å²) in [4.78, 5) is 7.71. The number of rotatable bonds is 2. The second-order valence-corrected chi connectivity index (χ2v) is 5.28. The number of nitrogens with zero attached hydrogens (tertiary/aromatic N) is 2. The van der Waals surface area contributed by atoms with E-state index in [1.807, 2.05) is 24.3 Å². The van der Waals surface area contributed by atoms with Gasteiger partial charge in [-0.15, -0.1) is 0 Å². The number of aromatic amines is 1. The molecular formula is C17H16N4. The molecule has 2 N–H and O–H groups in total. The average molecular weight is 276 g/mol. The summed E-state index contributed by atoms with van der Waals surface area (Å²) >= 11 is 0. The number of aryl methyl sites for hydroxylation is 1. The fraction of sp³-hybridized carbons (Fsp3) is 0.176. The minimum absolute atomic E-state index is 0.687. The van der Waals surface area contributed by atoms with Crippen LogP contribution in [0.15, 0.2) is 53.6 Å². The molecule has 0 amide bonds. The molecule has 4 heteroatoms. The quantitative estimate of drug-likeness (QED) is 0.701. The first kappa shape index (κ1) is 12.1. The van der Waals surface area contributed by atoms with Crippen molar-refractivity contribution in [2.24, 2.45) is 5.10 Å². The van der Waals surface area contributed by atoms with E-state index in [0.29, 0.717) is 5.95 Å². The summed E-state index contributed by atoms with van der Waals surface area (Å²) in [5, 5.41) is 4.56. The summed E-state index contributed by atoms with van der Waals surface area (Å²) in [5.41, 5.74) is 8.78. The van der Waals surface area contributed by atoms with Gasteiger partial charge in [0, 0.05) is 5.56 Å². The van der Waals surface area contributed by atoms with Crippen molar-refractivity contribution in [1.29, 1.82) is 0 Å². The van der Waals surface area contributed by atoms with E-state index in [1.54, 1.807) is 0 Å². The Morgan fingerprint density at radius 1 is 1.00 bits per heavy atom. The molecule has 0 atom stereocenters. The van der Waals surface area contributed by atoms with Crippen LogP contribution in [-0.2, 0) is 6.42 Å². The van der Waals surface area contributed by atoms with Gasteiger partial charge in [-0.1, -0.05) is 36.4 Å². The standard InChI is InChI=1S/C17H16N4/c1-2-8-13-12(6-1)7-5-11-14(13)20-21-17-18-15-9-3-4-10-16(15)19-17/h1-4,6,8-10H,5,7,11H2,(H2,18,19,21)/b20-14+. The molecule has 2 aromatic carbocycles. The molecule has 0 spiro atoms. The van der Waals surface area contributed by atoms with Crippen LogP contribution in [0.2, 0.25) is 0 Å². The molecule has 0 radical (unpaired) electrons. The van der Waals surface area contributed by atoms with Gasteiger partial charge in [-0.2, -0.15) is 5.10 Å². The Morgan fingerprint density at radius 3 is 2.81 bits per heavy atom. The van der Waals surface area contributed by atoms with E-state index in [4.69, 9.17) is 0 Å². The third-order valence-corrected chi connectivity index (χ3v) is 3.87. The summed E-state index contributed by atoms with van der Waals surface area (Å²) in [6.07, 6.45) is 3.29. The molecule has 4 rings (SSSR count). The Morgan fingerprint density at radius 2 is 1.86 bits per heavy atom. The lowest BCUT2D eigenvalue weighted by molar-refractivity contribution is 0.836. The van der Waals surface area contributed by atoms with Crippen LogP contribution in [-0.4, -0.2) is 15.7 Å². The fourth-order valence-corrected chi connectivity index (χ4v) is 2.84. The van der Waals surface area contributed by atoms with Crippen molar-refractivity contribution in [3.8, 4) is 0 Å². The van der Waals surface area contributed by atoms with Gasteiger partial charge in [0.15, 0.2) is 0 Å². The summed E-state index contributed by atoms with van der Waals surface area (Å²) < 4.78 is 0. The van der Waals surface area contributed by atoms with Gasteiger partial charge in [0.05, 0.1) is 16.7 Å². The molecule has 4 nitrogen and oxygen atoms in total. The van der Waals surface area contributed by atoms with E-state index in [2.05, 4.69) is 44.8 Å². The molecule has 1 aliphatic carbocycles. The lowest BCUT2D eigenvalue weighted by atomic mass is 9.90. The predicted molar refractivity (Wildman–Crippen MR) is 85.6 cm³/mol. The van der Waals surface area contributed by atoms with Gasteiger partial charge >= 0.3 is 0 Å². The Labute approximate surface area is 122 Å². The molecule has 0 bridgehead atoms. The van der Waals surface area contributed by atoms with Crippen molar-refractivity contribution in [2.45, 2.75) is 19.3 Å². The summed E-state index contributed by atoms with van der Waals surface area (Å²) in [6.45, 7) is 0. The van der Waals surface area contributed by atoms with Gasteiger partial charge in [-0.25, -0.2) is 10.4 Å². The van der Waals surface area contributed by atoms with E-state index in [9.17, 15) is 0 Å². The van der Waals surface area contributed by atoms with E-state index < -0.39 is 0 Å². The second kappa shape index (κ2) is 5.05. The number of H-pyrrole nitrogens is 1. The summed E-state index contributed by atoms with van der Waals surface area (Å²) in [5.74, 6) is 0.687. The van der Waals surface area contributed by atoms with Crippen molar-refractivity contribution in [1.82, 2.24) is 9.97 Å². The van der Waals surface area contributed by atoms with Gasteiger partial charge in [0.1, 0.15) is 0 Å². The molecule has 0 fully saturated rings. The number of hydrogen-bond acceptors (Lipinski definition) is 3. The Balaban J connectivity index is 1.64. The molecule has 21 heavy (non-hydrogen) atoms. The third kappa shape index (κ3) is 2.29. The molecule has 1 aliphatic rings. The van der Waals surface area contributed by atoms with Gasteiger partial charge < -0.3 is 4.98 Å². The minimum Gasteiger partial charge on any atom is -0.323 e. The van der Waals surface area contributed by atoms with Crippen LogP contribution < -0.4 is 5.43 Å². The largest absolute Gasteiger partial charge is 0.323 e. The molecule has 0 saturated carbocycles. The Hall–Kier alpha value is -2.62. The number of nitrogens with one attached hydrogen (secondary N) is 2. The van der Waals surface area contributed by atoms with Gasteiger partial charge in [0.2, 0.25) is 5.95 Å². The van der Waals surface area contributed by atoms with Crippen molar-refractivity contribution in [2.75, 3.05) is 5.43 Å². The smallest absolute Gasteiger partial charge is 0.222 e. The van der Waals surface area contributed by atoms with Crippen LogP contribution in [0.25, 0.3) is 11.0 Å². The SMILES string of the molecule is c1ccc2c(c1)CCC/C2=N\Nc1nc2ccccc2[nH]1. The molecule has 3 aromatic rings. The third-order valence-electron chi connectivity index (χ3n) is 3.87. The number of fused-ring (bicyclic) bond motifs is 2. The average Bonchev–Trinajstić information content (AvgIpc) is 2.96. The van der Waals surface area contributed by atoms with Crippen LogP contribution in [0.5, 0.6) is 0 Å². The number of hydrazone groups is 1. The zero-order chi connectivity index (χ0) is 14.1. The summed E-state index contributed by atoms with van der Waals surface area (Å²) in [7, 11) is 0. The first-order valence-electron chi connectivity index (χ1n) is 7.26. The highest BCUT2D eigenvalue weighted by molar-refractivity contribution is 6.03. The lowest BCUT2D eigenvalue weighted by Crippen LogP contribution is -2.13. The maximum absolute atomic E-state index is 4.56. The van der Waals surface area contributed by atoms with Crippen molar-refractivity contribution in [3.05, 3.63) is 59.7 Å². The molecular weight excluding hydrogens is 260 g/mol. The first-order valence-corrected chi connectivity index (χ1v) is 7.26. The van der Waals surface area contributed by atoms with E-state index in [1.165, 1.54) is 11.1 Å². The van der Waals surface area contributed by atoms with Crippen LogP contribution in [0.3, 0.4) is 0 Å². The topological polar surface area (TPSA) is 53.1 Å². The number of imidazole rings is 1. The zero-order valence-electron chi connectivity index (χ0n) is 11.6. The van der Waals surface area contributed by atoms with Crippen LogP contribution >= 0.6 is 0 Å². The molecule has 0 unspecified atom stereocenters. The number of para-hydroxylation sites is 2. The fourth-order valence-electron chi connectivity index (χ4n) is 2.84. The summed E-state index contributed by atoms with van der Waals surface area (Å²) in [6, 6.07) is 16.5. The normalized spacial score (nSPS) is 16.1. The minimum atomic E-state index is 0.687. The maximum atomic E-state index is 4.56. The molecule has 1 aromatic heterocycles. The molecule has 1 heterocycles. The highest BCUT2D eigenvalue weighted by Gasteiger charge is 2.14. The Kier molecular flexibility index (Phi) is 2.92. The van der Waals surface area contributed by atoms with Crippen molar-refractivity contribution < 1.29 is 0 Å². The van der Waals surface area contributed by atoms with E-state index in [-0.39, 0.29) is 0 Å². The van der Waals surface area contributed by atoms with E-state index >= 15 is 0 Å². The number of anilines is 1. The lowest BCUT2D eigenvalue weighted by Gasteiger charge is -2.17. The molecule has 0 saturated heterocycles. The molecule has 104 valence electrons. The number of aromatic nitrogens is 2. The van der Waals surface area contributed by atoms with E-state index in [0.717, 1.165) is 36.0 Å². The predicted octanol–water partition coefficient (Wildman–Crippen LogP) is 3.72. The highest BCUT2D eigenvalue weighted by Crippen LogP contribution is 2.22. The number of benzene rings is 2. The molecule has 0 aliphatic heterocycles. The van der Waals surface area contributed by atoms with Crippen LogP contribution in [0.4, 0.5) is 5.95 Å². The first-order chi connectivity index (χ1) is 10.4. The number of hydrogen-bond donors (Lipinski definition) is 2. The zero-order valence-corrected chi connectivity index (χ0v) is 11.6.